The fourth-order valence-corrected chi connectivity index (χ4v) is 1.83. The average Bonchev–Trinajstić information content (AvgIpc) is 2.31. The Hall–Kier alpha value is -1.50. The maximum absolute atomic E-state index is 5.50. The Bertz CT molecular complexity index is 351. The topological polar surface area (TPSA) is 9.23 Å². The first-order valence-electron chi connectivity index (χ1n) is 5.40. The van der Waals surface area contributed by atoms with Crippen molar-refractivity contribution in [1.29, 1.82) is 0 Å². The molecule has 2 rings (SSSR count). The number of hydrogen-bond acceptors (Lipinski definition) is 1. The summed E-state index contributed by atoms with van der Waals surface area (Å²) < 4.78 is 5.50. The van der Waals surface area contributed by atoms with E-state index in [1.165, 1.54) is 5.56 Å². The molecule has 1 aliphatic rings. The van der Waals surface area contributed by atoms with Crippen molar-refractivity contribution in [2.45, 2.75) is 25.4 Å². The Kier molecular flexibility index (Phi) is 3.23. The lowest BCUT2D eigenvalue weighted by molar-refractivity contribution is 0.167. The highest BCUT2D eigenvalue weighted by Crippen LogP contribution is 2.23. The van der Waals surface area contributed by atoms with Gasteiger partial charge in [0.1, 0.15) is 6.10 Å². The lowest BCUT2D eigenvalue weighted by Crippen LogP contribution is -2.11. The van der Waals surface area contributed by atoms with Crippen LogP contribution in [0.3, 0.4) is 0 Å². The fraction of sp³-hybridized carbons (Fsp3) is 0.286. The third-order valence-electron chi connectivity index (χ3n) is 2.72. The van der Waals surface area contributed by atoms with Crippen LogP contribution in [0.1, 0.15) is 24.8 Å². The van der Waals surface area contributed by atoms with E-state index in [0.717, 1.165) is 6.42 Å². The molecule has 0 fully saturated rings. The molecule has 0 saturated heterocycles. The van der Waals surface area contributed by atoms with Crippen molar-refractivity contribution in [2.24, 2.45) is 0 Å². The Morgan fingerprint density at radius 2 is 2.00 bits per heavy atom. The number of allylic oxidation sites excluding steroid dienone is 2. The van der Waals surface area contributed by atoms with Gasteiger partial charge in [0.25, 0.3) is 0 Å². The van der Waals surface area contributed by atoms with E-state index in [4.69, 9.17) is 4.74 Å². The van der Waals surface area contributed by atoms with Gasteiger partial charge in [0.2, 0.25) is 0 Å². The Balaban J connectivity index is 1.95. The van der Waals surface area contributed by atoms with Crippen LogP contribution in [0.25, 0.3) is 0 Å². The predicted octanol–water partition coefficient (Wildman–Crippen LogP) is 3.65. The van der Waals surface area contributed by atoms with Crippen molar-refractivity contribution in [3.8, 4) is 0 Å². The second-order valence-electron chi connectivity index (χ2n) is 3.94. The Morgan fingerprint density at radius 3 is 2.67 bits per heavy atom. The van der Waals surface area contributed by atoms with Gasteiger partial charge in [0.15, 0.2) is 0 Å². The minimum absolute atomic E-state index is 0.227. The van der Waals surface area contributed by atoms with E-state index in [2.05, 4.69) is 43.3 Å². The van der Waals surface area contributed by atoms with Gasteiger partial charge in [-0.25, -0.2) is 0 Å². The maximum Gasteiger partial charge on any atom is 0.117 e. The quantitative estimate of drug-likeness (QED) is 0.723. The molecule has 1 heterocycles. The SMILES string of the molecule is CC(CC1C=CC=CO1)c1ccccc1. The predicted molar refractivity (Wildman–Crippen MR) is 62.6 cm³/mol. The standard InChI is InChI=1S/C14H16O/c1-12(13-7-3-2-4-8-13)11-14-9-5-6-10-15-14/h2-10,12,14H,11H2,1H3. The second-order valence-corrected chi connectivity index (χ2v) is 3.94. The first-order chi connectivity index (χ1) is 7.36. The maximum atomic E-state index is 5.50. The van der Waals surface area contributed by atoms with Gasteiger partial charge in [-0.2, -0.15) is 0 Å². The van der Waals surface area contributed by atoms with Crippen LogP contribution in [0.15, 0.2) is 54.8 Å². The smallest absolute Gasteiger partial charge is 0.117 e. The van der Waals surface area contributed by atoms with Crippen LogP contribution < -0.4 is 0 Å². The number of benzene rings is 1. The van der Waals surface area contributed by atoms with E-state index in [9.17, 15) is 0 Å². The Labute approximate surface area is 91.1 Å². The molecule has 1 nitrogen and oxygen atoms in total. The molecule has 0 aliphatic carbocycles. The largest absolute Gasteiger partial charge is 0.494 e. The third-order valence-corrected chi connectivity index (χ3v) is 2.72. The van der Waals surface area contributed by atoms with E-state index in [1.54, 1.807) is 6.26 Å². The normalized spacial score (nSPS) is 21.0. The van der Waals surface area contributed by atoms with Crippen LogP contribution in [-0.2, 0) is 4.74 Å². The van der Waals surface area contributed by atoms with Crippen LogP contribution in [0.5, 0.6) is 0 Å². The minimum Gasteiger partial charge on any atom is -0.494 e. The average molecular weight is 200 g/mol. The van der Waals surface area contributed by atoms with Crippen molar-refractivity contribution in [3.05, 3.63) is 60.4 Å². The van der Waals surface area contributed by atoms with Crippen molar-refractivity contribution in [3.63, 3.8) is 0 Å². The van der Waals surface area contributed by atoms with E-state index < -0.39 is 0 Å². The van der Waals surface area contributed by atoms with Gasteiger partial charge in [-0.15, -0.1) is 0 Å². The molecule has 0 bridgehead atoms. The van der Waals surface area contributed by atoms with E-state index in [1.807, 2.05) is 12.2 Å². The number of ether oxygens (including phenoxy) is 1. The van der Waals surface area contributed by atoms with Crippen LogP contribution >= 0.6 is 0 Å². The Morgan fingerprint density at radius 1 is 1.20 bits per heavy atom. The molecule has 0 aromatic heterocycles. The molecule has 0 amide bonds. The highest BCUT2D eigenvalue weighted by Gasteiger charge is 2.12. The highest BCUT2D eigenvalue weighted by molar-refractivity contribution is 5.19. The van der Waals surface area contributed by atoms with Crippen molar-refractivity contribution in [2.75, 3.05) is 0 Å². The summed E-state index contributed by atoms with van der Waals surface area (Å²) in [6.45, 7) is 2.24. The van der Waals surface area contributed by atoms with Gasteiger partial charge < -0.3 is 4.74 Å². The lowest BCUT2D eigenvalue weighted by atomic mass is 9.94. The third kappa shape index (κ3) is 2.72. The molecule has 15 heavy (non-hydrogen) atoms. The molecule has 1 aromatic carbocycles. The van der Waals surface area contributed by atoms with Gasteiger partial charge >= 0.3 is 0 Å². The summed E-state index contributed by atoms with van der Waals surface area (Å²) in [4.78, 5) is 0. The van der Waals surface area contributed by atoms with Gasteiger partial charge in [0.05, 0.1) is 6.26 Å². The van der Waals surface area contributed by atoms with Crippen LogP contribution in [0, 0.1) is 0 Å². The van der Waals surface area contributed by atoms with E-state index >= 15 is 0 Å². The summed E-state index contributed by atoms with van der Waals surface area (Å²) in [5, 5.41) is 0. The molecule has 2 unspecified atom stereocenters. The molecule has 1 aliphatic heterocycles. The zero-order valence-corrected chi connectivity index (χ0v) is 8.97. The molecule has 0 N–H and O–H groups in total. The van der Waals surface area contributed by atoms with E-state index in [0.29, 0.717) is 5.92 Å². The van der Waals surface area contributed by atoms with Gasteiger partial charge in [-0.1, -0.05) is 43.3 Å². The summed E-state index contributed by atoms with van der Waals surface area (Å²) in [5.74, 6) is 0.535. The molecule has 1 aromatic rings. The van der Waals surface area contributed by atoms with Crippen LogP contribution in [0.2, 0.25) is 0 Å². The van der Waals surface area contributed by atoms with Crippen LogP contribution in [0.4, 0.5) is 0 Å². The van der Waals surface area contributed by atoms with Crippen molar-refractivity contribution in [1.82, 2.24) is 0 Å². The summed E-state index contributed by atoms with van der Waals surface area (Å²) >= 11 is 0. The molecule has 1 heteroatoms. The number of hydrogen-bond donors (Lipinski definition) is 0. The minimum atomic E-state index is 0.227. The number of rotatable bonds is 3. The van der Waals surface area contributed by atoms with Crippen molar-refractivity contribution < 1.29 is 4.74 Å². The van der Waals surface area contributed by atoms with Gasteiger partial charge in [-0.05, 0) is 30.1 Å². The second kappa shape index (κ2) is 4.83. The molecule has 2 atom stereocenters. The van der Waals surface area contributed by atoms with Gasteiger partial charge in [-0.3, -0.25) is 0 Å². The molecular formula is C14H16O. The lowest BCUT2D eigenvalue weighted by Gasteiger charge is -2.19. The molecule has 0 spiro atoms. The summed E-state index contributed by atoms with van der Waals surface area (Å²) in [6, 6.07) is 10.6. The fourth-order valence-electron chi connectivity index (χ4n) is 1.83. The molecule has 0 saturated carbocycles. The first-order valence-corrected chi connectivity index (χ1v) is 5.40. The van der Waals surface area contributed by atoms with Gasteiger partial charge in [0, 0.05) is 0 Å². The van der Waals surface area contributed by atoms with E-state index in [-0.39, 0.29) is 6.10 Å². The zero-order valence-electron chi connectivity index (χ0n) is 8.97. The molecule has 78 valence electrons. The first kappa shape index (κ1) is 10.0. The summed E-state index contributed by atoms with van der Waals surface area (Å²) in [5.41, 5.74) is 1.38. The molecular weight excluding hydrogens is 184 g/mol. The zero-order chi connectivity index (χ0) is 10.5. The van der Waals surface area contributed by atoms with Crippen molar-refractivity contribution >= 4 is 0 Å². The molecule has 0 radical (unpaired) electrons. The monoisotopic (exact) mass is 200 g/mol. The highest BCUT2D eigenvalue weighted by atomic mass is 16.5. The summed E-state index contributed by atoms with van der Waals surface area (Å²) in [6.07, 6.45) is 9.10. The van der Waals surface area contributed by atoms with Crippen LogP contribution in [-0.4, -0.2) is 6.10 Å². The summed E-state index contributed by atoms with van der Waals surface area (Å²) in [7, 11) is 0.